The van der Waals surface area contributed by atoms with Gasteiger partial charge < -0.3 is 59.4 Å². The van der Waals surface area contributed by atoms with Crippen molar-refractivity contribution in [3.05, 3.63) is 11.8 Å². The summed E-state index contributed by atoms with van der Waals surface area (Å²) in [6.45, 7) is 2.32. The fraction of sp³-hybridized carbons (Fsp3) is 0.815. The van der Waals surface area contributed by atoms with Crippen LogP contribution in [0.2, 0.25) is 0 Å². The summed E-state index contributed by atoms with van der Waals surface area (Å²) < 4.78 is 27.8. The predicted octanol–water partition coefficient (Wildman–Crippen LogP) is -3.89. The maximum absolute atomic E-state index is 13.6. The van der Waals surface area contributed by atoms with E-state index in [9.17, 15) is 50.1 Å². The molecule has 15 heteroatoms. The first-order chi connectivity index (χ1) is 19.7. The van der Waals surface area contributed by atoms with Crippen molar-refractivity contribution in [2.24, 2.45) is 34.5 Å². The summed E-state index contributed by atoms with van der Waals surface area (Å²) in [5.41, 5.74) is -4.87. The molecular weight excluding hydrogens is 564 g/mol. The van der Waals surface area contributed by atoms with E-state index < -0.39 is 120 Å². The van der Waals surface area contributed by atoms with Crippen LogP contribution in [0.15, 0.2) is 11.8 Å². The summed E-state index contributed by atoms with van der Waals surface area (Å²) in [5, 5.41) is 74.8. The number of ether oxygens (including phenoxy) is 5. The number of ketones is 1. The van der Waals surface area contributed by atoms with Crippen molar-refractivity contribution in [3.63, 3.8) is 0 Å². The molecule has 3 heterocycles. The number of carbonyl (C=O) groups excluding carboxylic acids is 3. The zero-order valence-corrected chi connectivity index (χ0v) is 23.1. The number of fused-ring (bicyclic) bond motifs is 2. The number of aliphatic hydroxyl groups is 7. The van der Waals surface area contributed by atoms with Crippen LogP contribution in [0.25, 0.3) is 0 Å². The topological polar surface area (TPSA) is 239 Å². The van der Waals surface area contributed by atoms with Gasteiger partial charge in [0.05, 0.1) is 32.3 Å². The van der Waals surface area contributed by atoms with E-state index in [1.54, 1.807) is 13.8 Å². The molecule has 0 aromatic heterocycles. The van der Waals surface area contributed by atoms with Crippen molar-refractivity contribution in [2.45, 2.75) is 81.0 Å². The Labute approximate surface area is 239 Å². The zero-order valence-electron chi connectivity index (χ0n) is 23.1. The van der Waals surface area contributed by atoms with Crippen LogP contribution < -0.4 is 0 Å². The molecule has 16 atom stereocenters. The van der Waals surface area contributed by atoms with Gasteiger partial charge in [-0.3, -0.25) is 4.79 Å². The average Bonchev–Trinajstić information content (AvgIpc) is 3.27. The van der Waals surface area contributed by atoms with Crippen molar-refractivity contribution in [3.8, 4) is 0 Å². The summed E-state index contributed by atoms with van der Waals surface area (Å²) in [6.07, 6.45) is -13.2. The molecule has 5 fully saturated rings. The highest BCUT2D eigenvalue weighted by molar-refractivity contribution is 5.96. The van der Waals surface area contributed by atoms with Crippen molar-refractivity contribution in [1.82, 2.24) is 0 Å². The standard InChI is InChI=1S/C27H36O15/c1-8-9-4-12-26-7-39-27(24(37)38-3,20(26)18(34)22(36)42-12)21(35)17(33)19(26)25(9,2)5-10(13(8)29)40-23-16(32)15(31)14(30)11(6-28)41-23/h5,8-9,11-12,14-21,23,28,30-35H,4,6-7H2,1-3H3/t8-,9-,11+,12+,14+,15-,16+,17+,18+,19+,20+,21-,23+,25-,26+,27-/m0/s1. The monoisotopic (exact) mass is 600 g/mol. The molecule has 15 nitrogen and oxygen atoms in total. The number of hydrogen-bond donors (Lipinski definition) is 7. The second-order valence-corrected chi connectivity index (χ2v) is 12.6. The number of allylic oxidation sites excluding steroid dienone is 2. The zero-order chi connectivity index (χ0) is 30.7. The van der Waals surface area contributed by atoms with Gasteiger partial charge in [0.2, 0.25) is 6.29 Å². The van der Waals surface area contributed by atoms with Gasteiger partial charge in [-0.05, 0) is 23.8 Å². The SMILES string of the molecule is COC(=O)[C@@]12OC[C@]34[C@H]([C@@H](O)[C@@H]1O)[C@@]1(C)C=C(O[C@@H]5O[C@H](CO)[C@@H](O)[C@H](O)[C@H]5O)C(=O)[C@@H](C)[C@@H]1C[C@H]3OC(=O)[C@H](O)[C@@H]24. The summed E-state index contributed by atoms with van der Waals surface area (Å²) in [5.74, 6) is -6.74. The molecule has 0 radical (unpaired) electrons. The molecule has 234 valence electrons. The normalized spacial score (nSPS) is 54.7. The Balaban J connectivity index is 1.47. The van der Waals surface area contributed by atoms with Gasteiger partial charge in [-0.1, -0.05) is 13.8 Å². The van der Waals surface area contributed by atoms with E-state index in [1.165, 1.54) is 6.08 Å². The van der Waals surface area contributed by atoms with Crippen LogP contribution in [0.1, 0.15) is 20.3 Å². The Hall–Kier alpha value is -2.21. The second-order valence-electron chi connectivity index (χ2n) is 12.6. The van der Waals surface area contributed by atoms with Crippen LogP contribution >= 0.6 is 0 Å². The summed E-state index contributed by atoms with van der Waals surface area (Å²) in [4.78, 5) is 39.6. The smallest absolute Gasteiger partial charge is 0.341 e. The molecule has 7 N–H and O–H groups in total. The number of rotatable bonds is 4. The van der Waals surface area contributed by atoms with Gasteiger partial charge in [0.25, 0.3) is 0 Å². The lowest BCUT2D eigenvalue weighted by Crippen LogP contribution is -2.79. The molecule has 3 saturated heterocycles. The largest absolute Gasteiger partial charge is 0.467 e. The number of carbonyl (C=O) groups is 3. The maximum Gasteiger partial charge on any atom is 0.341 e. The fourth-order valence-corrected chi connectivity index (χ4v) is 9.09. The van der Waals surface area contributed by atoms with Crippen LogP contribution in [0, 0.1) is 34.5 Å². The first-order valence-electron chi connectivity index (χ1n) is 13.9. The first-order valence-corrected chi connectivity index (χ1v) is 13.9. The van der Waals surface area contributed by atoms with Gasteiger partial charge in [-0.2, -0.15) is 0 Å². The van der Waals surface area contributed by atoms with Crippen LogP contribution in [0.5, 0.6) is 0 Å². The molecule has 6 aliphatic rings. The van der Waals surface area contributed by atoms with Crippen molar-refractivity contribution in [1.29, 1.82) is 0 Å². The third-order valence-corrected chi connectivity index (χ3v) is 10.9. The first kappa shape index (κ1) is 29.8. The Morgan fingerprint density at radius 2 is 1.74 bits per heavy atom. The van der Waals surface area contributed by atoms with Gasteiger partial charge >= 0.3 is 11.9 Å². The predicted molar refractivity (Wildman–Crippen MR) is 131 cm³/mol. The summed E-state index contributed by atoms with van der Waals surface area (Å²) in [7, 11) is 1.06. The average molecular weight is 601 g/mol. The second kappa shape index (κ2) is 9.64. The molecule has 42 heavy (non-hydrogen) atoms. The third-order valence-electron chi connectivity index (χ3n) is 10.9. The molecular formula is C27H36O15. The Kier molecular flexibility index (Phi) is 6.85. The minimum absolute atomic E-state index is 0.0854. The quantitative estimate of drug-likeness (QED) is 0.153. The lowest BCUT2D eigenvalue weighted by Gasteiger charge is -2.67. The molecule has 2 bridgehead atoms. The highest BCUT2D eigenvalue weighted by atomic mass is 16.7. The van der Waals surface area contributed by atoms with E-state index in [-0.39, 0.29) is 18.8 Å². The van der Waals surface area contributed by atoms with Crippen molar-refractivity contribution in [2.75, 3.05) is 20.3 Å². The van der Waals surface area contributed by atoms with Gasteiger partial charge in [-0.15, -0.1) is 0 Å². The van der Waals surface area contributed by atoms with Crippen molar-refractivity contribution < 1.29 is 73.8 Å². The number of esters is 2. The number of methoxy groups -OCH3 is 1. The van der Waals surface area contributed by atoms with Gasteiger partial charge in [-0.25, -0.2) is 9.59 Å². The lowest BCUT2D eigenvalue weighted by atomic mass is 9.38. The minimum Gasteiger partial charge on any atom is -0.467 e. The van der Waals surface area contributed by atoms with E-state index in [1.807, 2.05) is 0 Å². The molecule has 0 unspecified atom stereocenters. The number of aliphatic hydroxyl groups excluding tert-OH is 7. The van der Waals surface area contributed by atoms with Gasteiger partial charge in [0, 0.05) is 17.3 Å². The van der Waals surface area contributed by atoms with Crippen molar-refractivity contribution >= 4 is 17.7 Å². The van der Waals surface area contributed by atoms with Crippen LogP contribution in [-0.2, 0) is 38.1 Å². The van der Waals surface area contributed by atoms with E-state index in [4.69, 9.17) is 23.7 Å². The summed E-state index contributed by atoms with van der Waals surface area (Å²) in [6, 6.07) is 0. The molecule has 3 aliphatic carbocycles. The van der Waals surface area contributed by atoms with E-state index in [0.29, 0.717) is 0 Å². The Morgan fingerprint density at radius 3 is 2.38 bits per heavy atom. The Morgan fingerprint density at radius 1 is 1.05 bits per heavy atom. The molecule has 0 aromatic carbocycles. The molecule has 3 aliphatic heterocycles. The van der Waals surface area contributed by atoms with Crippen LogP contribution in [-0.4, -0.2) is 135 Å². The molecule has 0 aromatic rings. The van der Waals surface area contributed by atoms with E-state index in [0.717, 1.165) is 7.11 Å². The van der Waals surface area contributed by atoms with E-state index >= 15 is 0 Å². The fourth-order valence-electron chi connectivity index (χ4n) is 9.09. The molecule has 1 spiro atoms. The number of hydrogen-bond acceptors (Lipinski definition) is 15. The molecule has 2 saturated carbocycles. The minimum atomic E-state index is -2.26. The van der Waals surface area contributed by atoms with E-state index in [2.05, 4.69) is 0 Å². The van der Waals surface area contributed by atoms with Crippen LogP contribution in [0.3, 0.4) is 0 Å². The maximum atomic E-state index is 13.6. The third kappa shape index (κ3) is 3.45. The van der Waals surface area contributed by atoms with Gasteiger partial charge in [0.1, 0.15) is 36.6 Å². The van der Waals surface area contributed by atoms with Gasteiger partial charge in [0.15, 0.2) is 23.2 Å². The summed E-state index contributed by atoms with van der Waals surface area (Å²) >= 11 is 0. The highest BCUT2D eigenvalue weighted by Gasteiger charge is 2.84. The number of Topliss-reactive ketones (excluding diaryl/α,β-unsaturated/α-hetero) is 1. The van der Waals surface area contributed by atoms with Crippen LogP contribution in [0.4, 0.5) is 0 Å². The molecule has 6 rings (SSSR count). The molecule has 0 amide bonds. The highest BCUT2D eigenvalue weighted by Crippen LogP contribution is 2.72. The lowest BCUT2D eigenvalue weighted by molar-refractivity contribution is -0.295. The Bertz CT molecular complexity index is 1200.